The van der Waals surface area contributed by atoms with Crippen molar-refractivity contribution in [3.8, 4) is 5.75 Å². The third-order valence-corrected chi connectivity index (χ3v) is 3.58. The number of hydrogen-bond donors (Lipinski definition) is 1. The highest BCUT2D eigenvalue weighted by Crippen LogP contribution is 2.19. The Morgan fingerprint density at radius 3 is 2.15 bits per heavy atom. The molecule has 0 saturated heterocycles. The molecule has 0 fully saturated rings. The van der Waals surface area contributed by atoms with Crippen LogP contribution in [-0.2, 0) is 17.9 Å². The standard InChI is InChI=1S/C20H22F3NO3/c1-14(2)26-12-16-3-7-17(8-4-16)19(25)24-11-15-5-9-18(10-6-15)27-13-20(21,22)23/h3-10,14H,11-13H2,1-2H3,(H,24,25). The van der Waals surface area contributed by atoms with Gasteiger partial charge in [-0.15, -0.1) is 0 Å². The van der Waals surface area contributed by atoms with Gasteiger partial charge in [-0.25, -0.2) is 0 Å². The summed E-state index contributed by atoms with van der Waals surface area (Å²) in [5.41, 5.74) is 2.26. The Hall–Kier alpha value is -2.54. The minimum absolute atomic E-state index is 0.126. The Kier molecular flexibility index (Phi) is 7.24. The highest BCUT2D eigenvalue weighted by atomic mass is 19.4. The van der Waals surface area contributed by atoms with E-state index in [0.29, 0.717) is 12.2 Å². The predicted molar refractivity (Wildman–Crippen MR) is 95.5 cm³/mol. The van der Waals surface area contributed by atoms with E-state index in [2.05, 4.69) is 10.1 Å². The van der Waals surface area contributed by atoms with Crippen LogP contribution in [0.4, 0.5) is 13.2 Å². The van der Waals surface area contributed by atoms with Gasteiger partial charge in [-0.3, -0.25) is 4.79 Å². The van der Waals surface area contributed by atoms with Gasteiger partial charge in [0.25, 0.3) is 5.91 Å². The lowest BCUT2D eigenvalue weighted by Crippen LogP contribution is -2.22. The molecule has 0 saturated carbocycles. The topological polar surface area (TPSA) is 47.6 Å². The van der Waals surface area contributed by atoms with Crippen LogP contribution < -0.4 is 10.1 Å². The van der Waals surface area contributed by atoms with Crippen LogP contribution in [0.2, 0.25) is 0 Å². The molecule has 7 heteroatoms. The summed E-state index contributed by atoms with van der Waals surface area (Å²) in [5.74, 6) is -0.106. The lowest BCUT2D eigenvalue weighted by molar-refractivity contribution is -0.153. The van der Waals surface area contributed by atoms with Crippen molar-refractivity contribution in [2.75, 3.05) is 6.61 Å². The van der Waals surface area contributed by atoms with Crippen molar-refractivity contribution < 1.29 is 27.4 Å². The number of nitrogens with one attached hydrogen (secondary N) is 1. The minimum atomic E-state index is -4.37. The summed E-state index contributed by atoms with van der Waals surface area (Å²) >= 11 is 0. The van der Waals surface area contributed by atoms with E-state index >= 15 is 0 Å². The van der Waals surface area contributed by atoms with Gasteiger partial charge in [0.1, 0.15) is 5.75 Å². The maximum atomic E-state index is 12.2. The largest absolute Gasteiger partial charge is 0.484 e. The Bertz CT molecular complexity index is 726. The molecule has 0 heterocycles. The SMILES string of the molecule is CC(C)OCc1ccc(C(=O)NCc2ccc(OCC(F)(F)F)cc2)cc1. The zero-order chi connectivity index (χ0) is 19.9. The number of ether oxygens (including phenoxy) is 2. The van der Waals surface area contributed by atoms with Gasteiger partial charge in [-0.05, 0) is 49.2 Å². The van der Waals surface area contributed by atoms with Crippen LogP contribution in [0.3, 0.4) is 0 Å². The van der Waals surface area contributed by atoms with Crippen molar-refractivity contribution in [3.05, 3.63) is 65.2 Å². The zero-order valence-electron chi connectivity index (χ0n) is 15.2. The van der Waals surface area contributed by atoms with Crippen LogP contribution in [0.1, 0.15) is 35.3 Å². The van der Waals surface area contributed by atoms with Crippen molar-refractivity contribution in [2.24, 2.45) is 0 Å². The Labute approximate surface area is 156 Å². The quantitative estimate of drug-likeness (QED) is 0.733. The van der Waals surface area contributed by atoms with E-state index in [1.54, 1.807) is 24.3 Å². The van der Waals surface area contributed by atoms with E-state index < -0.39 is 12.8 Å². The van der Waals surface area contributed by atoms with Crippen LogP contribution in [0.25, 0.3) is 0 Å². The first-order chi connectivity index (χ1) is 12.7. The van der Waals surface area contributed by atoms with Crippen molar-refractivity contribution in [1.82, 2.24) is 5.32 Å². The summed E-state index contributed by atoms with van der Waals surface area (Å²) < 4.78 is 46.5. The van der Waals surface area contributed by atoms with Gasteiger partial charge >= 0.3 is 6.18 Å². The van der Waals surface area contributed by atoms with E-state index in [-0.39, 0.29) is 24.3 Å². The summed E-state index contributed by atoms with van der Waals surface area (Å²) in [6.45, 7) is 3.33. The third kappa shape index (κ3) is 7.70. The second-order valence-electron chi connectivity index (χ2n) is 6.29. The molecule has 0 aromatic heterocycles. The normalized spacial score (nSPS) is 11.5. The number of halogens is 3. The molecule has 0 bridgehead atoms. The second kappa shape index (κ2) is 9.41. The zero-order valence-corrected chi connectivity index (χ0v) is 15.2. The smallest absolute Gasteiger partial charge is 0.422 e. The number of carbonyl (C=O) groups excluding carboxylic acids is 1. The Balaban J connectivity index is 1.82. The van der Waals surface area contributed by atoms with E-state index in [0.717, 1.165) is 11.1 Å². The van der Waals surface area contributed by atoms with Crippen molar-refractivity contribution in [1.29, 1.82) is 0 Å². The lowest BCUT2D eigenvalue weighted by Gasteiger charge is -2.10. The summed E-state index contributed by atoms with van der Waals surface area (Å²) in [5, 5.41) is 2.77. The van der Waals surface area contributed by atoms with Crippen molar-refractivity contribution in [3.63, 3.8) is 0 Å². The molecule has 0 aliphatic rings. The van der Waals surface area contributed by atoms with Gasteiger partial charge in [0.15, 0.2) is 6.61 Å². The average molecular weight is 381 g/mol. The molecule has 2 rings (SSSR count). The summed E-state index contributed by atoms with van der Waals surface area (Å²) in [6, 6.07) is 13.2. The molecule has 27 heavy (non-hydrogen) atoms. The summed E-state index contributed by atoms with van der Waals surface area (Å²) in [6.07, 6.45) is -4.23. The Morgan fingerprint density at radius 2 is 1.59 bits per heavy atom. The molecular formula is C20H22F3NO3. The second-order valence-corrected chi connectivity index (χ2v) is 6.29. The molecule has 0 spiro atoms. The molecule has 1 amide bonds. The number of hydrogen-bond acceptors (Lipinski definition) is 3. The molecule has 2 aromatic carbocycles. The molecule has 0 aliphatic heterocycles. The van der Waals surface area contributed by atoms with Crippen molar-refractivity contribution in [2.45, 2.75) is 39.3 Å². The molecule has 0 aliphatic carbocycles. The van der Waals surface area contributed by atoms with Gasteiger partial charge in [-0.1, -0.05) is 24.3 Å². The first-order valence-electron chi connectivity index (χ1n) is 8.50. The number of amides is 1. The van der Waals surface area contributed by atoms with Gasteiger partial charge in [0.05, 0.1) is 12.7 Å². The van der Waals surface area contributed by atoms with E-state index in [1.807, 2.05) is 26.0 Å². The van der Waals surface area contributed by atoms with E-state index in [4.69, 9.17) is 4.74 Å². The molecule has 0 radical (unpaired) electrons. The third-order valence-electron chi connectivity index (χ3n) is 3.58. The summed E-state index contributed by atoms with van der Waals surface area (Å²) in [7, 11) is 0. The molecule has 0 unspecified atom stereocenters. The molecule has 1 N–H and O–H groups in total. The predicted octanol–water partition coefficient (Wildman–Crippen LogP) is 4.48. The number of rotatable bonds is 8. The highest BCUT2D eigenvalue weighted by molar-refractivity contribution is 5.94. The van der Waals surface area contributed by atoms with E-state index in [1.165, 1.54) is 12.1 Å². The highest BCUT2D eigenvalue weighted by Gasteiger charge is 2.28. The van der Waals surface area contributed by atoms with E-state index in [9.17, 15) is 18.0 Å². The van der Waals surface area contributed by atoms with Crippen LogP contribution in [-0.4, -0.2) is 24.8 Å². The molecule has 4 nitrogen and oxygen atoms in total. The number of carbonyl (C=O) groups is 1. The first kappa shape index (κ1) is 20.8. The monoisotopic (exact) mass is 381 g/mol. The van der Waals surface area contributed by atoms with Crippen LogP contribution in [0, 0.1) is 0 Å². The number of alkyl halides is 3. The molecule has 0 atom stereocenters. The Morgan fingerprint density at radius 1 is 1.00 bits per heavy atom. The van der Waals surface area contributed by atoms with Gasteiger partial charge < -0.3 is 14.8 Å². The maximum Gasteiger partial charge on any atom is 0.422 e. The fourth-order valence-corrected chi connectivity index (χ4v) is 2.17. The molecule has 2 aromatic rings. The van der Waals surface area contributed by atoms with Gasteiger partial charge in [-0.2, -0.15) is 13.2 Å². The number of benzene rings is 2. The van der Waals surface area contributed by atoms with Crippen LogP contribution in [0.5, 0.6) is 5.75 Å². The summed E-state index contributed by atoms with van der Waals surface area (Å²) in [4.78, 5) is 12.2. The minimum Gasteiger partial charge on any atom is -0.484 e. The lowest BCUT2D eigenvalue weighted by atomic mass is 10.1. The first-order valence-corrected chi connectivity index (χ1v) is 8.50. The van der Waals surface area contributed by atoms with Gasteiger partial charge in [0.2, 0.25) is 0 Å². The van der Waals surface area contributed by atoms with Crippen LogP contribution in [0.15, 0.2) is 48.5 Å². The fourth-order valence-electron chi connectivity index (χ4n) is 2.17. The molecular weight excluding hydrogens is 359 g/mol. The van der Waals surface area contributed by atoms with Gasteiger partial charge in [0, 0.05) is 12.1 Å². The molecule has 146 valence electrons. The van der Waals surface area contributed by atoms with Crippen molar-refractivity contribution >= 4 is 5.91 Å². The fraction of sp³-hybridized carbons (Fsp3) is 0.350. The maximum absolute atomic E-state index is 12.2. The van der Waals surface area contributed by atoms with Crippen LogP contribution >= 0.6 is 0 Å². The average Bonchev–Trinajstić information content (AvgIpc) is 2.63.